The number of carboxylic acid groups (broad SMARTS) is 1. The Labute approximate surface area is 125 Å². The van der Waals surface area contributed by atoms with Crippen molar-refractivity contribution in [2.24, 2.45) is 5.73 Å². The highest BCUT2D eigenvalue weighted by Gasteiger charge is 2.29. The molecule has 1 rings (SSSR count). The summed E-state index contributed by atoms with van der Waals surface area (Å²) in [7, 11) is 0. The van der Waals surface area contributed by atoms with Gasteiger partial charge in [-0.2, -0.15) is 0 Å². The molecular weight excluding hydrogens is 268 g/mol. The Morgan fingerprint density at radius 2 is 1.86 bits per heavy atom. The van der Waals surface area contributed by atoms with Crippen molar-refractivity contribution in [1.82, 2.24) is 0 Å². The second-order valence-corrected chi connectivity index (χ2v) is 5.75. The first-order valence-corrected chi connectivity index (χ1v) is 7.19. The molecular formula is C16H24N2O3. The molecule has 1 aromatic rings. The maximum atomic E-state index is 11.9. The van der Waals surface area contributed by atoms with Gasteiger partial charge < -0.3 is 16.2 Å². The van der Waals surface area contributed by atoms with Crippen molar-refractivity contribution in [3.05, 3.63) is 29.8 Å². The minimum Gasteiger partial charge on any atom is -0.481 e. The third-order valence-electron chi connectivity index (χ3n) is 3.61. The van der Waals surface area contributed by atoms with Crippen molar-refractivity contribution in [2.45, 2.75) is 51.5 Å². The van der Waals surface area contributed by atoms with Crippen molar-refractivity contribution in [1.29, 1.82) is 0 Å². The van der Waals surface area contributed by atoms with Crippen LogP contribution in [0.5, 0.6) is 0 Å². The number of unbranched alkanes of at least 4 members (excludes halogenated alkanes) is 1. The molecule has 1 aromatic carbocycles. The summed E-state index contributed by atoms with van der Waals surface area (Å²) in [5, 5.41) is 11.9. The third kappa shape index (κ3) is 4.56. The summed E-state index contributed by atoms with van der Waals surface area (Å²) in [6.07, 6.45) is 2.58. The summed E-state index contributed by atoms with van der Waals surface area (Å²) in [6.45, 7) is 5.33. The van der Waals surface area contributed by atoms with Gasteiger partial charge in [0.25, 0.3) is 0 Å². The molecule has 0 bridgehead atoms. The second-order valence-electron chi connectivity index (χ2n) is 5.75. The van der Waals surface area contributed by atoms with Crippen LogP contribution in [0.15, 0.2) is 24.3 Å². The minimum absolute atomic E-state index is 0.214. The number of amides is 1. The standard InChI is InChI=1S/C16H24N2O3/c1-4-5-6-13(17)14(19)18-12-9-7-11(8-10-12)16(2,3)15(20)21/h7-10,13H,4-6,17H2,1-3H3,(H,18,19)(H,20,21)/t13-/m0/s1. The summed E-state index contributed by atoms with van der Waals surface area (Å²) in [5.41, 5.74) is 6.15. The summed E-state index contributed by atoms with van der Waals surface area (Å²) < 4.78 is 0. The molecule has 0 heterocycles. The van der Waals surface area contributed by atoms with Crippen molar-refractivity contribution >= 4 is 17.6 Å². The van der Waals surface area contributed by atoms with Crippen LogP contribution in [0.3, 0.4) is 0 Å². The van der Waals surface area contributed by atoms with E-state index in [-0.39, 0.29) is 5.91 Å². The lowest BCUT2D eigenvalue weighted by molar-refractivity contribution is -0.142. The van der Waals surface area contributed by atoms with Gasteiger partial charge in [0.2, 0.25) is 5.91 Å². The highest BCUT2D eigenvalue weighted by atomic mass is 16.4. The Kier molecular flexibility index (Phi) is 5.90. The molecule has 0 aliphatic carbocycles. The number of hydrogen-bond donors (Lipinski definition) is 3. The number of anilines is 1. The third-order valence-corrected chi connectivity index (χ3v) is 3.61. The molecule has 0 saturated carbocycles. The van der Waals surface area contributed by atoms with Crippen LogP contribution < -0.4 is 11.1 Å². The number of carbonyl (C=O) groups excluding carboxylic acids is 1. The number of carbonyl (C=O) groups is 2. The summed E-state index contributed by atoms with van der Waals surface area (Å²) in [4.78, 5) is 23.1. The lowest BCUT2D eigenvalue weighted by Gasteiger charge is -2.20. The molecule has 0 fully saturated rings. The lowest BCUT2D eigenvalue weighted by Crippen LogP contribution is -2.35. The number of nitrogens with one attached hydrogen (secondary N) is 1. The highest BCUT2D eigenvalue weighted by molar-refractivity contribution is 5.94. The predicted molar refractivity (Wildman–Crippen MR) is 83.2 cm³/mol. The highest BCUT2D eigenvalue weighted by Crippen LogP contribution is 2.24. The van der Waals surface area contributed by atoms with Gasteiger partial charge in [-0.05, 0) is 38.0 Å². The topological polar surface area (TPSA) is 92.4 Å². The van der Waals surface area contributed by atoms with Gasteiger partial charge in [-0.25, -0.2) is 0 Å². The van der Waals surface area contributed by atoms with E-state index in [9.17, 15) is 14.7 Å². The summed E-state index contributed by atoms with van der Waals surface area (Å²) in [6, 6.07) is 6.30. The number of aliphatic carboxylic acids is 1. The second kappa shape index (κ2) is 7.22. The van der Waals surface area contributed by atoms with E-state index < -0.39 is 17.4 Å². The van der Waals surface area contributed by atoms with Crippen molar-refractivity contribution in [2.75, 3.05) is 5.32 Å². The Hall–Kier alpha value is -1.88. The van der Waals surface area contributed by atoms with E-state index in [0.29, 0.717) is 17.7 Å². The van der Waals surface area contributed by atoms with Gasteiger partial charge in [-0.1, -0.05) is 31.9 Å². The van der Waals surface area contributed by atoms with E-state index in [4.69, 9.17) is 5.73 Å². The van der Waals surface area contributed by atoms with Crippen LogP contribution in [0.25, 0.3) is 0 Å². The molecule has 0 radical (unpaired) electrons. The fourth-order valence-corrected chi connectivity index (χ4v) is 1.88. The Balaban J connectivity index is 2.71. The van der Waals surface area contributed by atoms with E-state index >= 15 is 0 Å². The molecule has 21 heavy (non-hydrogen) atoms. The molecule has 4 N–H and O–H groups in total. The van der Waals surface area contributed by atoms with Gasteiger partial charge in [-0.15, -0.1) is 0 Å². The van der Waals surface area contributed by atoms with Gasteiger partial charge >= 0.3 is 5.97 Å². The predicted octanol–water partition coefficient (Wildman–Crippen LogP) is 2.50. The average molecular weight is 292 g/mol. The maximum Gasteiger partial charge on any atom is 0.313 e. The van der Waals surface area contributed by atoms with Crippen molar-refractivity contribution in [3.8, 4) is 0 Å². The van der Waals surface area contributed by atoms with Gasteiger partial charge in [-0.3, -0.25) is 9.59 Å². The molecule has 0 unspecified atom stereocenters. The van der Waals surface area contributed by atoms with Crippen LogP contribution in [-0.2, 0) is 15.0 Å². The fraction of sp³-hybridized carbons (Fsp3) is 0.500. The molecule has 116 valence electrons. The first-order chi connectivity index (χ1) is 9.78. The average Bonchev–Trinajstić information content (AvgIpc) is 2.45. The van der Waals surface area contributed by atoms with Crippen LogP contribution in [0.2, 0.25) is 0 Å². The van der Waals surface area contributed by atoms with Gasteiger partial charge in [0.05, 0.1) is 11.5 Å². The number of nitrogens with two attached hydrogens (primary N) is 1. The molecule has 1 amide bonds. The van der Waals surface area contributed by atoms with Crippen LogP contribution in [0, 0.1) is 0 Å². The molecule has 1 atom stereocenters. The van der Waals surface area contributed by atoms with Crippen LogP contribution in [0.4, 0.5) is 5.69 Å². The number of rotatable bonds is 7. The maximum absolute atomic E-state index is 11.9. The SMILES string of the molecule is CCCC[C@H](N)C(=O)Nc1ccc(C(C)(C)C(=O)O)cc1. The van der Waals surface area contributed by atoms with Gasteiger partial charge in [0.1, 0.15) is 0 Å². The van der Waals surface area contributed by atoms with Crippen LogP contribution in [0.1, 0.15) is 45.6 Å². The molecule has 0 saturated heterocycles. The van der Waals surface area contributed by atoms with Gasteiger partial charge in [0, 0.05) is 5.69 Å². The molecule has 0 aromatic heterocycles. The first-order valence-electron chi connectivity index (χ1n) is 7.19. The fourth-order valence-electron chi connectivity index (χ4n) is 1.88. The molecule has 5 nitrogen and oxygen atoms in total. The normalized spacial score (nSPS) is 12.8. The quantitative estimate of drug-likeness (QED) is 0.720. The molecule has 0 spiro atoms. The number of hydrogen-bond acceptors (Lipinski definition) is 3. The molecule has 0 aliphatic heterocycles. The van der Waals surface area contributed by atoms with E-state index in [0.717, 1.165) is 12.8 Å². The number of benzene rings is 1. The largest absolute Gasteiger partial charge is 0.481 e. The monoisotopic (exact) mass is 292 g/mol. The zero-order chi connectivity index (χ0) is 16.0. The Bertz CT molecular complexity index is 495. The zero-order valence-corrected chi connectivity index (χ0v) is 12.8. The van der Waals surface area contributed by atoms with E-state index in [1.54, 1.807) is 38.1 Å². The lowest BCUT2D eigenvalue weighted by atomic mass is 9.85. The van der Waals surface area contributed by atoms with Crippen molar-refractivity contribution in [3.63, 3.8) is 0 Å². The van der Waals surface area contributed by atoms with E-state index in [2.05, 4.69) is 5.32 Å². The molecule has 5 heteroatoms. The van der Waals surface area contributed by atoms with Crippen LogP contribution in [-0.4, -0.2) is 23.0 Å². The Morgan fingerprint density at radius 1 is 1.29 bits per heavy atom. The summed E-state index contributed by atoms with van der Waals surface area (Å²) >= 11 is 0. The smallest absolute Gasteiger partial charge is 0.313 e. The van der Waals surface area contributed by atoms with Crippen LogP contribution >= 0.6 is 0 Å². The summed E-state index contributed by atoms with van der Waals surface area (Å²) in [5.74, 6) is -1.10. The first kappa shape index (κ1) is 17.2. The molecule has 0 aliphatic rings. The van der Waals surface area contributed by atoms with Gasteiger partial charge in [0.15, 0.2) is 0 Å². The van der Waals surface area contributed by atoms with E-state index in [1.165, 1.54) is 0 Å². The number of carboxylic acids is 1. The zero-order valence-electron chi connectivity index (χ0n) is 12.8. The van der Waals surface area contributed by atoms with Crippen molar-refractivity contribution < 1.29 is 14.7 Å². The Morgan fingerprint density at radius 3 is 2.33 bits per heavy atom. The van der Waals surface area contributed by atoms with E-state index in [1.807, 2.05) is 6.92 Å². The minimum atomic E-state index is -0.958.